The molecular formula is C20H22F5N7O2. The maximum absolute atomic E-state index is 13.3. The van der Waals surface area contributed by atoms with Crippen molar-refractivity contribution >= 4 is 17.6 Å². The molecule has 0 aromatic carbocycles. The molecule has 1 saturated heterocycles. The van der Waals surface area contributed by atoms with Crippen molar-refractivity contribution in [3.63, 3.8) is 0 Å². The zero-order chi connectivity index (χ0) is 24.3. The topological polar surface area (TPSA) is 93.6 Å². The number of rotatable bonds is 6. The van der Waals surface area contributed by atoms with Crippen molar-refractivity contribution in [2.24, 2.45) is 11.8 Å². The summed E-state index contributed by atoms with van der Waals surface area (Å²) in [6.45, 7) is 3.05. The first-order valence-corrected chi connectivity index (χ1v) is 10.8. The molecule has 1 saturated carbocycles. The molecule has 1 aliphatic carbocycles. The normalized spacial score (nSPS) is 23.0. The third-order valence-corrected chi connectivity index (χ3v) is 6.38. The maximum atomic E-state index is 13.3. The minimum Gasteiger partial charge on any atom is -0.483 e. The summed E-state index contributed by atoms with van der Waals surface area (Å²) in [4.78, 5) is 10.7. The van der Waals surface area contributed by atoms with Crippen molar-refractivity contribution in [2.75, 3.05) is 29.9 Å². The van der Waals surface area contributed by atoms with Crippen LogP contribution in [-0.4, -0.2) is 62.6 Å². The van der Waals surface area contributed by atoms with Crippen molar-refractivity contribution in [2.45, 2.75) is 44.8 Å². The molecule has 0 spiro atoms. The van der Waals surface area contributed by atoms with Gasteiger partial charge in [-0.25, -0.2) is 4.52 Å². The van der Waals surface area contributed by atoms with E-state index in [0.717, 1.165) is 12.8 Å². The van der Waals surface area contributed by atoms with Crippen LogP contribution in [0.4, 0.5) is 33.9 Å². The second-order valence-electron chi connectivity index (χ2n) is 8.80. The van der Waals surface area contributed by atoms with Gasteiger partial charge in [-0.2, -0.15) is 31.9 Å². The predicted octanol–water partition coefficient (Wildman–Crippen LogP) is 3.63. The van der Waals surface area contributed by atoms with Crippen molar-refractivity contribution in [3.8, 4) is 5.75 Å². The Labute approximate surface area is 190 Å². The van der Waals surface area contributed by atoms with Crippen LogP contribution in [0, 0.1) is 25.7 Å². The summed E-state index contributed by atoms with van der Waals surface area (Å²) in [5.41, 5.74) is 0.682. The third kappa shape index (κ3) is 3.98. The van der Waals surface area contributed by atoms with Gasteiger partial charge >= 0.3 is 18.1 Å². The van der Waals surface area contributed by atoms with Crippen molar-refractivity contribution in [1.82, 2.24) is 24.7 Å². The Morgan fingerprint density at radius 1 is 1.09 bits per heavy atom. The Balaban J connectivity index is 1.33. The van der Waals surface area contributed by atoms with Gasteiger partial charge in [-0.05, 0) is 50.7 Å². The van der Waals surface area contributed by atoms with Gasteiger partial charge in [0.25, 0.3) is 0 Å². The van der Waals surface area contributed by atoms with E-state index in [1.54, 1.807) is 13.8 Å². The fourth-order valence-electron chi connectivity index (χ4n) is 4.66. The van der Waals surface area contributed by atoms with Crippen LogP contribution in [0.15, 0.2) is 16.7 Å². The summed E-state index contributed by atoms with van der Waals surface area (Å²) < 4.78 is 75.7. The number of hydrogen-bond acceptors (Lipinski definition) is 8. The zero-order valence-corrected chi connectivity index (χ0v) is 18.3. The highest BCUT2D eigenvalue weighted by Crippen LogP contribution is 2.40. The molecule has 34 heavy (non-hydrogen) atoms. The number of aryl methyl sites for hydroxylation is 2. The fourth-order valence-corrected chi connectivity index (χ4v) is 4.66. The van der Waals surface area contributed by atoms with E-state index in [4.69, 9.17) is 9.26 Å². The Kier molecular flexibility index (Phi) is 5.28. The average Bonchev–Trinajstić information content (AvgIpc) is 3.44. The van der Waals surface area contributed by atoms with Gasteiger partial charge in [0.2, 0.25) is 5.95 Å². The maximum Gasteiger partial charge on any atom is 0.456 e. The molecular weight excluding hydrogens is 465 g/mol. The molecule has 2 fully saturated rings. The molecule has 5 rings (SSSR count). The number of anilines is 2. The van der Waals surface area contributed by atoms with E-state index in [2.05, 4.69) is 30.4 Å². The summed E-state index contributed by atoms with van der Waals surface area (Å²) >= 11 is 0. The lowest BCUT2D eigenvalue weighted by molar-refractivity contribution is -0.289. The molecule has 3 atom stereocenters. The molecule has 9 nitrogen and oxygen atoms in total. The number of hydrogen-bond donors (Lipinski definition) is 1. The number of halogens is 5. The standard InChI is InChI=1S/C20H22F5N7O2/c1-10-3-6-14(33-9-19(21,22)20(23,24)25)16-28-17(29-32(10)16)27-15-12-4-5-13(15)8-31(7-12)18-26-11(2)30-34-18/h3,6,12-13,15H,4-5,7-9H2,1-2H3,(H,27,29)/t12-,13?,15-/m0/s1. The lowest BCUT2D eigenvalue weighted by Gasteiger charge is -2.37. The van der Waals surface area contributed by atoms with Crippen LogP contribution < -0.4 is 15.0 Å². The monoisotopic (exact) mass is 487 g/mol. The van der Waals surface area contributed by atoms with Crippen molar-refractivity contribution < 1.29 is 31.2 Å². The molecule has 1 aliphatic heterocycles. The Hall–Kier alpha value is -3.19. The first-order chi connectivity index (χ1) is 16.0. The highest BCUT2D eigenvalue weighted by Gasteiger charge is 2.58. The van der Waals surface area contributed by atoms with E-state index in [1.165, 1.54) is 16.6 Å². The molecule has 3 aromatic rings. The Morgan fingerprint density at radius 3 is 2.41 bits per heavy atom. The van der Waals surface area contributed by atoms with Crippen molar-refractivity contribution in [3.05, 3.63) is 23.7 Å². The highest BCUT2D eigenvalue weighted by atomic mass is 19.4. The molecule has 1 N–H and O–H groups in total. The fraction of sp³-hybridized carbons (Fsp3) is 0.600. The molecule has 1 unspecified atom stereocenters. The van der Waals surface area contributed by atoms with E-state index in [0.29, 0.717) is 30.6 Å². The molecule has 0 amide bonds. The number of piperidine rings is 1. The van der Waals surface area contributed by atoms with Gasteiger partial charge in [-0.3, -0.25) is 0 Å². The van der Waals surface area contributed by atoms with Gasteiger partial charge < -0.3 is 19.5 Å². The molecule has 184 valence electrons. The van der Waals surface area contributed by atoms with Crippen LogP contribution in [0.5, 0.6) is 5.75 Å². The van der Waals surface area contributed by atoms with Gasteiger partial charge in [-0.1, -0.05) is 5.16 Å². The minimum atomic E-state index is -5.71. The van der Waals surface area contributed by atoms with Gasteiger partial charge in [0, 0.05) is 24.8 Å². The molecule has 0 radical (unpaired) electrons. The second kappa shape index (κ2) is 7.94. The number of nitrogens with one attached hydrogen (secondary N) is 1. The smallest absolute Gasteiger partial charge is 0.456 e. The number of fused-ring (bicyclic) bond motifs is 3. The third-order valence-electron chi connectivity index (χ3n) is 6.38. The summed E-state index contributed by atoms with van der Waals surface area (Å²) in [6, 6.07) is 3.38. The van der Waals surface area contributed by atoms with Crippen LogP contribution in [0.3, 0.4) is 0 Å². The van der Waals surface area contributed by atoms with E-state index in [-0.39, 0.29) is 35.2 Å². The Morgan fingerprint density at radius 2 is 1.79 bits per heavy atom. The van der Waals surface area contributed by atoms with E-state index < -0.39 is 18.7 Å². The van der Waals surface area contributed by atoms with Crippen molar-refractivity contribution in [1.29, 1.82) is 0 Å². The van der Waals surface area contributed by atoms with E-state index >= 15 is 0 Å². The number of aromatic nitrogens is 5. The number of pyridine rings is 1. The van der Waals surface area contributed by atoms with Crippen LogP contribution in [0.2, 0.25) is 0 Å². The van der Waals surface area contributed by atoms with Gasteiger partial charge in [-0.15, -0.1) is 5.10 Å². The largest absolute Gasteiger partial charge is 0.483 e. The SMILES string of the molecule is Cc1noc(N2CC3CC[C@@H](C2)[C@@H]3Nc2nc3c(OCC(F)(F)C(F)(F)F)ccc(C)n3n2)n1. The summed E-state index contributed by atoms with van der Waals surface area (Å²) in [7, 11) is 0. The van der Waals surface area contributed by atoms with Crippen LogP contribution in [-0.2, 0) is 0 Å². The highest BCUT2D eigenvalue weighted by molar-refractivity contribution is 5.57. The molecule has 2 aliphatic rings. The van der Waals surface area contributed by atoms with Gasteiger partial charge in [0.05, 0.1) is 0 Å². The first-order valence-electron chi connectivity index (χ1n) is 10.8. The molecule has 4 heterocycles. The van der Waals surface area contributed by atoms with Gasteiger partial charge in [0.15, 0.2) is 23.8 Å². The lowest BCUT2D eigenvalue weighted by atomic mass is 9.92. The Bertz CT molecular complexity index is 1180. The van der Waals surface area contributed by atoms with Gasteiger partial charge in [0.1, 0.15) is 0 Å². The average molecular weight is 487 g/mol. The number of ether oxygens (including phenoxy) is 1. The summed E-state index contributed by atoms with van der Waals surface area (Å²) in [5, 5.41) is 11.6. The van der Waals surface area contributed by atoms with E-state index in [1.807, 2.05) is 0 Å². The molecule has 3 aromatic heterocycles. The zero-order valence-electron chi connectivity index (χ0n) is 18.3. The van der Waals surface area contributed by atoms with Crippen LogP contribution in [0.25, 0.3) is 5.65 Å². The van der Waals surface area contributed by atoms with E-state index in [9.17, 15) is 22.0 Å². The number of alkyl halides is 5. The predicted molar refractivity (Wildman–Crippen MR) is 109 cm³/mol. The van der Waals surface area contributed by atoms with Crippen LogP contribution in [0.1, 0.15) is 24.4 Å². The molecule has 14 heteroatoms. The quantitative estimate of drug-likeness (QED) is 0.527. The summed E-state index contributed by atoms with van der Waals surface area (Å²) in [6.07, 6.45) is -3.74. The van der Waals surface area contributed by atoms with Crippen LogP contribution >= 0.6 is 0 Å². The summed E-state index contributed by atoms with van der Waals surface area (Å²) in [5.74, 6) is -3.84. The first kappa shape index (κ1) is 22.6. The molecule has 2 bridgehead atoms. The lowest BCUT2D eigenvalue weighted by Crippen LogP contribution is -2.48. The second-order valence-corrected chi connectivity index (χ2v) is 8.80. The minimum absolute atomic E-state index is 0.0617. The number of nitrogens with zero attached hydrogens (tertiary/aromatic N) is 6.